The van der Waals surface area contributed by atoms with E-state index in [1.54, 1.807) is 20.3 Å². The van der Waals surface area contributed by atoms with E-state index in [9.17, 15) is 14.4 Å². The standard InChI is InChI=1S/C18H25N3O5/c1-25-14-4-3-12(11-15(14)26-2)5-8-20-17(23)18(24)21-9-6-13(7-10-21)16(19)22/h3-4,11,13H,5-10H2,1-2H3,(H2,19,22)(H,20,23). The number of rotatable bonds is 6. The van der Waals surface area contributed by atoms with E-state index >= 15 is 0 Å². The minimum atomic E-state index is -0.636. The van der Waals surface area contributed by atoms with Gasteiger partial charge in [-0.1, -0.05) is 6.07 Å². The van der Waals surface area contributed by atoms with Crippen molar-refractivity contribution in [2.24, 2.45) is 11.7 Å². The van der Waals surface area contributed by atoms with Crippen molar-refractivity contribution in [1.82, 2.24) is 10.2 Å². The van der Waals surface area contributed by atoms with Crippen molar-refractivity contribution in [1.29, 1.82) is 0 Å². The molecule has 0 atom stereocenters. The summed E-state index contributed by atoms with van der Waals surface area (Å²) in [4.78, 5) is 36.8. The van der Waals surface area contributed by atoms with Crippen LogP contribution in [0, 0.1) is 5.92 Å². The van der Waals surface area contributed by atoms with Gasteiger partial charge in [0, 0.05) is 25.6 Å². The molecule has 0 spiro atoms. The molecule has 142 valence electrons. The maximum Gasteiger partial charge on any atom is 0.311 e. The number of amides is 3. The van der Waals surface area contributed by atoms with Gasteiger partial charge in [-0.15, -0.1) is 0 Å². The number of nitrogens with zero attached hydrogens (tertiary/aromatic N) is 1. The van der Waals surface area contributed by atoms with Gasteiger partial charge in [0.15, 0.2) is 11.5 Å². The van der Waals surface area contributed by atoms with Crippen LogP contribution in [0.2, 0.25) is 0 Å². The van der Waals surface area contributed by atoms with Crippen molar-refractivity contribution < 1.29 is 23.9 Å². The van der Waals surface area contributed by atoms with E-state index in [2.05, 4.69) is 5.32 Å². The molecule has 8 heteroatoms. The number of likely N-dealkylation sites (tertiary alicyclic amines) is 1. The normalized spacial score (nSPS) is 14.6. The minimum absolute atomic E-state index is 0.216. The molecule has 8 nitrogen and oxygen atoms in total. The van der Waals surface area contributed by atoms with Crippen LogP contribution in [-0.2, 0) is 20.8 Å². The molecule has 1 saturated heterocycles. The Morgan fingerprint density at radius 3 is 2.38 bits per heavy atom. The quantitative estimate of drug-likeness (QED) is 0.696. The van der Waals surface area contributed by atoms with Gasteiger partial charge in [-0.3, -0.25) is 14.4 Å². The molecule has 1 aromatic carbocycles. The number of nitrogens with two attached hydrogens (primary N) is 1. The molecule has 1 heterocycles. The molecule has 0 aromatic heterocycles. The van der Waals surface area contributed by atoms with E-state index in [1.807, 2.05) is 12.1 Å². The van der Waals surface area contributed by atoms with Crippen LogP contribution < -0.4 is 20.5 Å². The summed E-state index contributed by atoms with van der Waals surface area (Å²) in [6, 6.07) is 5.51. The topological polar surface area (TPSA) is 111 Å². The third kappa shape index (κ3) is 4.87. The van der Waals surface area contributed by atoms with E-state index in [-0.39, 0.29) is 11.8 Å². The second-order valence-corrected chi connectivity index (χ2v) is 6.16. The molecular formula is C18H25N3O5. The van der Waals surface area contributed by atoms with Crippen LogP contribution in [0.15, 0.2) is 18.2 Å². The van der Waals surface area contributed by atoms with Crippen molar-refractivity contribution in [3.63, 3.8) is 0 Å². The van der Waals surface area contributed by atoms with Crippen LogP contribution in [0.4, 0.5) is 0 Å². The Bertz CT molecular complexity index is 669. The first-order valence-electron chi connectivity index (χ1n) is 8.53. The number of benzene rings is 1. The highest BCUT2D eigenvalue weighted by molar-refractivity contribution is 6.35. The lowest BCUT2D eigenvalue weighted by Crippen LogP contribution is -2.48. The van der Waals surface area contributed by atoms with Crippen molar-refractivity contribution in [2.45, 2.75) is 19.3 Å². The second kappa shape index (κ2) is 9.07. The number of ether oxygens (including phenoxy) is 2. The highest BCUT2D eigenvalue weighted by Crippen LogP contribution is 2.27. The Morgan fingerprint density at radius 2 is 1.81 bits per heavy atom. The fourth-order valence-corrected chi connectivity index (χ4v) is 2.94. The number of hydrogen-bond acceptors (Lipinski definition) is 5. The molecule has 0 radical (unpaired) electrons. The number of hydrogen-bond donors (Lipinski definition) is 2. The summed E-state index contributed by atoms with van der Waals surface area (Å²) < 4.78 is 10.4. The maximum atomic E-state index is 12.2. The van der Waals surface area contributed by atoms with Gasteiger partial charge in [-0.2, -0.15) is 0 Å². The highest BCUT2D eigenvalue weighted by atomic mass is 16.5. The Morgan fingerprint density at radius 1 is 1.15 bits per heavy atom. The average molecular weight is 363 g/mol. The van der Waals surface area contributed by atoms with Gasteiger partial charge in [0.1, 0.15) is 0 Å². The Labute approximate surface area is 152 Å². The molecular weight excluding hydrogens is 338 g/mol. The van der Waals surface area contributed by atoms with Crippen molar-refractivity contribution in [2.75, 3.05) is 33.9 Å². The predicted octanol–water partition coefficient (Wildman–Crippen LogP) is 0.0864. The number of carbonyl (C=O) groups is 3. The molecule has 3 N–H and O–H groups in total. The first-order chi connectivity index (χ1) is 12.5. The largest absolute Gasteiger partial charge is 0.493 e. The number of methoxy groups -OCH3 is 2. The highest BCUT2D eigenvalue weighted by Gasteiger charge is 2.28. The molecule has 1 aliphatic heterocycles. The first-order valence-corrected chi connectivity index (χ1v) is 8.53. The van der Waals surface area contributed by atoms with Crippen LogP contribution in [0.3, 0.4) is 0 Å². The lowest BCUT2D eigenvalue weighted by molar-refractivity contribution is -0.147. The van der Waals surface area contributed by atoms with Gasteiger partial charge in [-0.05, 0) is 37.0 Å². The predicted molar refractivity (Wildman–Crippen MR) is 94.8 cm³/mol. The molecule has 0 aliphatic carbocycles. The average Bonchev–Trinajstić information content (AvgIpc) is 2.67. The zero-order valence-corrected chi connectivity index (χ0v) is 15.1. The maximum absolute atomic E-state index is 12.2. The molecule has 26 heavy (non-hydrogen) atoms. The number of piperidine rings is 1. The summed E-state index contributed by atoms with van der Waals surface area (Å²) in [6.07, 6.45) is 1.56. The van der Waals surface area contributed by atoms with Gasteiger partial charge in [0.2, 0.25) is 5.91 Å². The second-order valence-electron chi connectivity index (χ2n) is 6.16. The summed E-state index contributed by atoms with van der Waals surface area (Å²) in [5, 5.41) is 2.63. The molecule has 0 unspecified atom stereocenters. The lowest BCUT2D eigenvalue weighted by atomic mass is 9.96. The number of carbonyl (C=O) groups excluding carboxylic acids is 3. The monoisotopic (exact) mass is 363 g/mol. The van der Waals surface area contributed by atoms with E-state index in [0.717, 1.165) is 5.56 Å². The zero-order valence-electron chi connectivity index (χ0n) is 15.1. The summed E-state index contributed by atoms with van der Waals surface area (Å²) >= 11 is 0. The SMILES string of the molecule is COc1ccc(CCNC(=O)C(=O)N2CCC(C(N)=O)CC2)cc1OC. The van der Waals surface area contributed by atoms with E-state index < -0.39 is 11.8 Å². The smallest absolute Gasteiger partial charge is 0.311 e. The Hall–Kier alpha value is -2.77. The zero-order chi connectivity index (χ0) is 19.1. The van der Waals surface area contributed by atoms with Crippen molar-refractivity contribution >= 4 is 17.7 Å². The summed E-state index contributed by atoms with van der Waals surface area (Å²) in [6.45, 7) is 1.07. The van der Waals surface area contributed by atoms with Crippen LogP contribution in [0.25, 0.3) is 0 Å². The van der Waals surface area contributed by atoms with Crippen LogP contribution in [-0.4, -0.2) is 56.5 Å². The minimum Gasteiger partial charge on any atom is -0.493 e. The van der Waals surface area contributed by atoms with E-state index in [0.29, 0.717) is 50.4 Å². The molecule has 3 amide bonds. The van der Waals surface area contributed by atoms with Gasteiger partial charge in [0.25, 0.3) is 0 Å². The summed E-state index contributed by atoms with van der Waals surface area (Å²) in [5.41, 5.74) is 6.23. The van der Waals surface area contributed by atoms with Gasteiger partial charge in [-0.25, -0.2) is 0 Å². The number of nitrogens with one attached hydrogen (secondary N) is 1. The van der Waals surface area contributed by atoms with E-state index in [4.69, 9.17) is 15.2 Å². The Kier molecular flexibility index (Phi) is 6.82. The van der Waals surface area contributed by atoms with Crippen molar-refractivity contribution in [3.8, 4) is 11.5 Å². The number of primary amides is 1. The fourth-order valence-electron chi connectivity index (χ4n) is 2.94. The Balaban J connectivity index is 1.80. The third-order valence-corrected chi connectivity index (χ3v) is 4.53. The van der Waals surface area contributed by atoms with Gasteiger partial charge < -0.3 is 25.4 Å². The van der Waals surface area contributed by atoms with Crippen molar-refractivity contribution in [3.05, 3.63) is 23.8 Å². The van der Waals surface area contributed by atoms with Crippen LogP contribution in [0.5, 0.6) is 11.5 Å². The molecule has 2 rings (SSSR count). The third-order valence-electron chi connectivity index (χ3n) is 4.53. The molecule has 0 saturated carbocycles. The summed E-state index contributed by atoms with van der Waals surface area (Å²) in [7, 11) is 3.12. The molecule has 1 aliphatic rings. The molecule has 0 bridgehead atoms. The lowest BCUT2D eigenvalue weighted by Gasteiger charge is -2.29. The molecule has 1 fully saturated rings. The summed E-state index contributed by atoms with van der Waals surface area (Å²) in [5.74, 6) is -0.522. The van der Waals surface area contributed by atoms with Crippen LogP contribution >= 0.6 is 0 Å². The fraction of sp³-hybridized carbons (Fsp3) is 0.500. The van der Waals surface area contributed by atoms with Gasteiger partial charge >= 0.3 is 11.8 Å². The van der Waals surface area contributed by atoms with E-state index in [1.165, 1.54) is 4.90 Å². The van der Waals surface area contributed by atoms with Crippen LogP contribution in [0.1, 0.15) is 18.4 Å². The van der Waals surface area contributed by atoms with Gasteiger partial charge in [0.05, 0.1) is 14.2 Å². The first kappa shape index (κ1) is 19.6. The molecule has 1 aromatic rings.